The van der Waals surface area contributed by atoms with Crippen molar-refractivity contribution in [2.45, 2.75) is 39.5 Å². The Morgan fingerprint density at radius 1 is 1.30 bits per heavy atom. The molecular weight excluding hydrogens is 250 g/mol. The van der Waals surface area contributed by atoms with Crippen molar-refractivity contribution in [2.24, 2.45) is 11.3 Å². The number of hydrogen-bond acceptors (Lipinski definition) is 3. The first-order chi connectivity index (χ1) is 9.51. The number of piperidine rings is 1. The lowest BCUT2D eigenvalue weighted by Crippen LogP contribution is -2.49. The molecule has 2 aliphatic heterocycles. The van der Waals surface area contributed by atoms with Crippen molar-refractivity contribution < 1.29 is 4.79 Å². The molecule has 2 saturated heterocycles. The number of amides is 1. The minimum Gasteiger partial charge on any atom is -0.344 e. The Morgan fingerprint density at radius 2 is 2.00 bits per heavy atom. The lowest BCUT2D eigenvalue weighted by atomic mass is 9.74. The van der Waals surface area contributed by atoms with Crippen molar-refractivity contribution >= 4 is 5.91 Å². The highest BCUT2D eigenvalue weighted by Crippen LogP contribution is 2.33. The van der Waals surface area contributed by atoms with Crippen LogP contribution in [0.15, 0.2) is 0 Å². The van der Waals surface area contributed by atoms with Crippen LogP contribution in [0.1, 0.15) is 39.5 Å². The molecule has 1 amide bonds. The molecule has 0 spiro atoms. The van der Waals surface area contributed by atoms with Gasteiger partial charge in [-0.05, 0) is 57.8 Å². The molecule has 4 nitrogen and oxygen atoms in total. The van der Waals surface area contributed by atoms with Gasteiger partial charge in [-0.25, -0.2) is 0 Å². The third-order valence-electron chi connectivity index (χ3n) is 5.17. The summed E-state index contributed by atoms with van der Waals surface area (Å²) in [4.78, 5) is 17.2. The number of rotatable bonds is 5. The van der Waals surface area contributed by atoms with E-state index in [4.69, 9.17) is 0 Å². The molecule has 0 aliphatic carbocycles. The van der Waals surface area contributed by atoms with Gasteiger partial charge in [-0.1, -0.05) is 13.8 Å². The second-order valence-corrected chi connectivity index (χ2v) is 7.04. The predicted molar refractivity (Wildman–Crippen MR) is 82.7 cm³/mol. The Kier molecular flexibility index (Phi) is 5.44. The van der Waals surface area contributed by atoms with Crippen LogP contribution in [0.4, 0.5) is 0 Å². The summed E-state index contributed by atoms with van der Waals surface area (Å²) in [7, 11) is 1.97. The Balaban J connectivity index is 1.83. The van der Waals surface area contributed by atoms with Gasteiger partial charge in [0.1, 0.15) is 0 Å². The SMILES string of the molecule is CN(CCN1CCCC1)C(=O)C(C)(C)C1CCCNC1. The molecule has 4 heteroatoms. The number of nitrogens with zero attached hydrogens (tertiary/aromatic N) is 2. The van der Waals surface area contributed by atoms with Crippen LogP contribution in [0.3, 0.4) is 0 Å². The summed E-state index contributed by atoms with van der Waals surface area (Å²) in [5.74, 6) is 0.781. The molecule has 1 atom stereocenters. The molecule has 116 valence electrons. The average Bonchev–Trinajstić information content (AvgIpc) is 2.98. The largest absolute Gasteiger partial charge is 0.344 e. The van der Waals surface area contributed by atoms with Gasteiger partial charge >= 0.3 is 0 Å². The maximum absolute atomic E-state index is 12.7. The number of nitrogens with one attached hydrogen (secondary N) is 1. The van der Waals surface area contributed by atoms with Crippen LogP contribution in [-0.2, 0) is 4.79 Å². The average molecular weight is 281 g/mol. The minimum atomic E-state index is -0.243. The molecule has 2 heterocycles. The Morgan fingerprint density at radius 3 is 2.60 bits per heavy atom. The molecule has 2 aliphatic rings. The number of hydrogen-bond donors (Lipinski definition) is 1. The van der Waals surface area contributed by atoms with E-state index in [1.807, 2.05) is 11.9 Å². The summed E-state index contributed by atoms with van der Waals surface area (Å²) >= 11 is 0. The molecular formula is C16H31N3O. The Hall–Kier alpha value is -0.610. The fraction of sp³-hybridized carbons (Fsp3) is 0.938. The molecule has 1 unspecified atom stereocenters. The highest BCUT2D eigenvalue weighted by Gasteiger charge is 2.38. The van der Waals surface area contributed by atoms with Gasteiger partial charge in [-0.2, -0.15) is 0 Å². The van der Waals surface area contributed by atoms with E-state index in [9.17, 15) is 4.79 Å². The monoisotopic (exact) mass is 281 g/mol. The van der Waals surface area contributed by atoms with Gasteiger partial charge in [0, 0.05) is 25.6 Å². The zero-order chi connectivity index (χ0) is 14.6. The fourth-order valence-corrected chi connectivity index (χ4v) is 3.53. The summed E-state index contributed by atoms with van der Waals surface area (Å²) in [6.07, 6.45) is 5.00. The van der Waals surface area contributed by atoms with Crippen molar-refractivity contribution in [3.05, 3.63) is 0 Å². The van der Waals surface area contributed by atoms with Crippen LogP contribution >= 0.6 is 0 Å². The molecule has 1 N–H and O–H groups in total. The summed E-state index contributed by atoms with van der Waals surface area (Å²) in [6.45, 7) is 10.6. The third-order valence-corrected chi connectivity index (χ3v) is 5.17. The van der Waals surface area contributed by atoms with Crippen molar-refractivity contribution in [3.8, 4) is 0 Å². The van der Waals surface area contributed by atoms with Gasteiger partial charge in [-0.15, -0.1) is 0 Å². The third kappa shape index (κ3) is 3.73. The molecule has 0 aromatic carbocycles. The predicted octanol–water partition coefficient (Wildman–Crippen LogP) is 1.57. The normalized spacial score (nSPS) is 24.9. The maximum Gasteiger partial charge on any atom is 0.228 e. The van der Waals surface area contributed by atoms with Crippen LogP contribution in [0.5, 0.6) is 0 Å². The first-order valence-electron chi connectivity index (χ1n) is 8.20. The van der Waals surface area contributed by atoms with Gasteiger partial charge in [0.05, 0.1) is 0 Å². The number of carbonyl (C=O) groups is 1. The van der Waals surface area contributed by atoms with E-state index in [1.165, 1.54) is 38.8 Å². The first-order valence-corrected chi connectivity index (χ1v) is 8.20. The molecule has 20 heavy (non-hydrogen) atoms. The second kappa shape index (κ2) is 6.90. The number of carbonyl (C=O) groups excluding carboxylic acids is 1. The highest BCUT2D eigenvalue weighted by atomic mass is 16.2. The maximum atomic E-state index is 12.7. The lowest BCUT2D eigenvalue weighted by molar-refractivity contribution is -0.142. The van der Waals surface area contributed by atoms with Crippen LogP contribution in [0, 0.1) is 11.3 Å². The van der Waals surface area contributed by atoms with E-state index in [2.05, 4.69) is 24.1 Å². The molecule has 0 aromatic rings. The smallest absolute Gasteiger partial charge is 0.228 e. The highest BCUT2D eigenvalue weighted by molar-refractivity contribution is 5.82. The minimum absolute atomic E-state index is 0.243. The molecule has 0 bridgehead atoms. The van der Waals surface area contributed by atoms with E-state index in [-0.39, 0.29) is 5.41 Å². The van der Waals surface area contributed by atoms with E-state index in [1.54, 1.807) is 0 Å². The van der Waals surface area contributed by atoms with Gasteiger partial charge in [0.25, 0.3) is 0 Å². The molecule has 2 fully saturated rings. The molecule has 0 radical (unpaired) electrons. The quantitative estimate of drug-likeness (QED) is 0.831. The van der Waals surface area contributed by atoms with E-state index >= 15 is 0 Å². The standard InChI is InChI=1S/C16H31N3O/c1-16(2,14-7-6-8-17-13-14)15(20)18(3)11-12-19-9-4-5-10-19/h14,17H,4-13H2,1-3H3. The number of likely N-dealkylation sites (N-methyl/N-ethyl adjacent to an activating group) is 1. The van der Waals surface area contributed by atoms with Crippen molar-refractivity contribution in [1.82, 2.24) is 15.1 Å². The zero-order valence-electron chi connectivity index (χ0n) is 13.5. The van der Waals surface area contributed by atoms with Gasteiger partial charge in [0.2, 0.25) is 5.91 Å². The van der Waals surface area contributed by atoms with Crippen LogP contribution < -0.4 is 5.32 Å². The van der Waals surface area contributed by atoms with Crippen molar-refractivity contribution in [3.63, 3.8) is 0 Å². The van der Waals surface area contributed by atoms with Gasteiger partial charge in [0.15, 0.2) is 0 Å². The van der Waals surface area contributed by atoms with Crippen LogP contribution in [0.25, 0.3) is 0 Å². The topological polar surface area (TPSA) is 35.6 Å². The summed E-state index contributed by atoms with van der Waals surface area (Å²) in [5, 5.41) is 3.43. The second-order valence-electron chi connectivity index (χ2n) is 7.04. The lowest BCUT2D eigenvalue weighted by Gasteiger charge is -2.38. The fourth-order valence-electron chi connectivity index (χ4n) is 3.53. The van der Waals surface area contributed by atoms with Crippen LogP contribution in [-0.4, -0.2) is 62.0 Å². The molecule has 0 aromatic heterocycles. The Bertz CT molecular complexity index is 318. The van der Waals surface area contributed by atoms with Crippen molar-refractivity contribution in [1.29, 1.82) is 0 Å². The molecule has 2 rings (SSSR count). The summed E-state index contributed by atoms with van der Waals surface area (Å²) in [5.41, 5.74) is -0.243. The number of likely N-dealkylation sites (tertiary alicyclic amines) is 1. The summed E-state index contributed by atoms with van der Waals surface area (Å²) < 4.78 is 0. The van der Waals surface area contributed by atoms with E-state index < -0.39 is 0 Å². The van der Waals surface area contributed by atoms with Gasteiger partial charge < -0.3 is 15.1 Å². The molecule has 0 saturated carbocycles. The van der Waals surface area contributed by atoms with E-state index in [0.717, 1.165) is 26.2 Å². The van der Waals surface area contributed by atoms with Gasteiger partial charge in [-0.3, -0.25) is 4.79 Å². The zero-order valence-corrected chi connectivity index (χ0v) is 13.5. The van der Waals surface area contributed by atoms with Crippen molar-refractivity contribution in [2.75, 3.05) is 46.3 Å². The summed E-state index contributed by atoms with van der Waals surface area (Å²) in [6, 6.07) is 0. The Labute approximate surface area is 123 Å². The van der Waals surface area contributed by atoms with Crippen LogP contribution in [0.2, 0.25) is 0 Å². The van der Waals surface area contributed by atoms with E-state index in [0.29, 0.717) is 11.8 Å². The first kappa shape index (κ1) is 15.8.